The average Bonchev–Trinajstić information content (AvgIpc) is 3.66. The highest BCUT2D eigenvalue weighted by molar-refractivity contribution is 7.99. The minimum absolute atomic E-state index is 0.0110. The molecule has 1 amide bonds. The highest BCUT2D eigenvalue weighted by atomic mass is 32.2. The number of aromatic nitrogens is 3. The average molecular weight is 575 g/mol. The summed E-state index contributed by atoms with van der Waals surface area (Å²) in [5.41, 5.74) is 2.64. The molecule has 7 rings (SSSR count). The summed E-state index contributed by atoms with van der Waals surface area (Å²) in [5.74, 6) is 0.906. The summed E-state index contributed by atoms with van der Waals surface area (Å²) < 4.78 is 47.6. The van der Waals surface area contributed by atoms with Crippen LogP contribution in [0.15, 0.2) is 23.2 Å². The van der Waals surface area contributed by atoms with Crippen LogP contribution in [0.2, 0.25) is 0 Å². The van der Waals surface area contributed by atoms with Gasteiger partial charge in [0.2, 0.25) is 5.95 Å². The van der Waals surface area contributed by atoms with Crippen molar-refractivity contribution in [2.75, 3.05) is 37.4 Å². The first-order chi connectivity index (χ1) is 18.8. The Bertz CT molecular complexity index is 1450. The minimum atomic E-state index is -4.65. The van der Waals surface area contributed by atoms with Crippen LogP contribution in [0.3, 0.4) is 0 Å². The molecule has 2 N–H and O–H groups in total. The van der Waals surface area contributed by atoms with Crippen LogP contribution in [0, 0.1) is 0 Å². The van der Waals surface area contributed by atoms with Gasteiger partial charge in [-0.05, 0) is 43.5 Å². The topological polar surface area (TPSA) is 92.3 Å². The van der Waals surface area contributed by atoms with Gasteiger partial charge in [-0.2, -0.15) is 13.2 Å². The van der Waals surface area contributed by atoms with Crippen molar-refractivity contribution < 1.29 is 22.7 Å². The Morgan fingerprint density at radius 2 is 2.03 bits per heavy atom. The van der Waals surface area contributed by atoms with Gasteiger partial charge in [0, 0.05) is 35.9 Å². The highest BCUT2D eigenvalue weighted by Gasteiger charge is 2.38. The molecule has 0 radical (unpaired) electrons. The summed E-state index contributed by atoms with van der Waals surface area (Å²) in [7, 11) is 0. The first-order valence-corrected chi connectivity index (χ1v) is 14.8. The van der Waals surface area contributed by atoms with Crippen molar-refractivity contribution in [1.82, 2.24) is 25.2 Å². The van der Waals surface area contributed by atoms with E-state index in [2.05, 4.69) is 20.6 Å². The first-order valence-electron chi connectivity index (χ1n) is 13.0. The molecule has 13 heteroatoms. The zero-order valence-electron chi connectivity index (χ0n) is 20.8. The molecule has 6 heterocycles. The van der Waals surface area contributed by atoms with E-state index in [-0.39, 0.29) is 23.6 Å². The van der Waals surface area contributed by atoms with Crippen LogP contribution in [0.4, 0.5) is 24.8 Å². The van der Waals surface area contributed by atoms with E-state index in [0.29, 0.717) is 52.6 Å². The molecule has 1 saturated carbocycles. The van der Waals surface area contributed by atoms with E-state index in [4.69, 9.17) is 9.72 Å². The van der Waals surface area contributed by atoms with Crippen molar-refractivity contribution in [3.8, 4) is 10.6 Å². The Balaban J connectivity index is 1.26. The van der Waals surface area contributed by atoms with Gasteiger partial charge in [0.1, 0.15) is 10.4 Å². The third-order valence-corrected chi connectivity index (χ3v) is 9.70. The van der Waals surface area contributed by atoms with Crippen LogP contribution < -0.4 is 10.6 Å². The van der Waals surface area contributed by atoms with Gasteiger partial charge in [-0.25, -0.2) is 9.97 Å². The van der Waals surface area contributed by atoms with E-state index in [0.717, 1.165) is 66.0 Å². The van der Waals surface area contributed by atoms with Crippen molar-refractivity contribution in [2.24, 2.45) is 0 Å². The Morgan fingerprint density at radius 1 is 1.18 bits per heavy atom. The maximum absolute atomic E-state index is 14.1. The maximum Gasteiger partial charge on any atom is 0.420 e. The molecule has 0 atom stereocenters. The molecule has 0 aromatic carbocycles. The molecule has 0 unspecified atom stereocenters. The fraction of sp³-hybridized carbons (Fsp3) is 0.462. The maximum atomic E-state index is 14.1. The molecular formula is C26H25F3N6O2S2. The predicted octanol–water partition coefficient (Wildman–Crippen LogP) is 4.83. The van der Waals surface area contributed by atoms with E-state index >= 15 is 0 Å². The van der Waals surface area contributed by atoms with Crippen LogP contribution in [-0.4, -0.2) is 63.9 Å². The standard InChI is InChI=1S/C26H25F3N6O2S2/c27-26(28,29)16-9-31-25(33-17-7-14-3-4-30-10-18(14)32-21(17)13-1-2-13)34-22(16)19-8-20-23(39-19)24(36)35(5-6-38-20)15-11-37-12-15/h7-9,13,15,30H,1-6,10-12H2,(H,31,33,34). The van der Waals surface area contributed by atoms with E-state index in [9.17, 15) is 18.0 Å². The van der Waals surface area contributed by atoms with Crippen molar-refractivity contribution in [2.45, 2.75) is 48.8 Å². The number of alkyl halides is 3. The van der Waals surface area contributed by atoms with Crippen molar-refractivity contribution in [3.05, 3.63) is 45.7 Å². The van der Waals surface area contributed by atoms with E-state index in [1.165, 1.54) is 11.8 Å². The molecule has 0 spiro atoms. The SMILES string of the molecule is O=C1c2sc(-c3nc(Nc4cc5c(nc4C4CC4)CNCC5)ncc3C(F)(F)F)cc2SCCN1C1COC1. The second kappa shape index (κ2) is 9.72. The van der Waals surface area contributed by atoms with Gasteiger partial charge in [0.05, 0.1) is 46.9 Å². The van der Waals surface area contributed by atoms with Crippen LogP contribution in [0.25, 0.3) is 10.6 Å². The zero-order valence-corrected chi connectivity index (χ0v) is 22.4. The smallest absolute Gasteiger partial charge is 0.377 e. The number of halogens is 3. The number of carbonyl (C=O) groups is 1. The number of hydrogen-bond acceptors (Lipinski definition) is 9. The Labute approximate surface area is 230 Å². The van der Waals surface area contributed by atoms with Crippen molar-refractivity contribution >= 4 is 40.6 Å². The predicted molar refractivity (Wildman–Crippen MR) is 142 cm³/mol. The summed E-state index contributed by atoms with van der Waals surface area (Å²) in [6.07, 6.45) is -0.930. The molecule has 3 aliphatic heterocycles. The molecule has 3 aromatic heterocycles. The lowest BCUT2D eigenvalue weighted by Gasteiger charge is -2.36. The number of anilines is 2. The van der Waals surface area contributed by atoms with E-state index < -0.39 is 11.7 Å². The number of ether oxygens (including phenoxy) is 1. The van der Waals surface area contributed by atoms with Gasteiger partial charge < -0.3 is 20.3 Å². The van der Waals surface area contributed by atoms with Gasteiger partial charge in [0.15, 0.2) is 0 Å². The second-order valence-corrected chi connectivity index (χ2v) is 12.3. The molecule has 4 aliphatic rings. The van der Waals surface area contributed by atoms with E-state index in [1.807, 2.05) is 6.07 Å². The molecule has 8 nitrogen and oxygen atoms in total. The summed E-state index contributed by atoms with van der Waals surface area (Å²) >= 11 is 2.54. The summed E-state index contributed by atoms with van der Waals surface area (Å²) in [6.45, 7) is 3.11. The normalized spacial score (nSPS) is 19.8. The molecule has 1 saturated heterocycles. The third kappa shape index (κ3) is 4.79. The van der Waals surface area contributed by atoms with Crippen molar-refractivity contribution in [3.63, 3.8) is 0 Å². The number of nitrogens with one attached hydrogen (secondary N) is 2. The number of nitrogens with zero attached hydrogens (tertiary/aromatic N) is 4. The lowest BCUT2D eigenvalue weighted by atomic mass is 10.0. The molecule has 0 bridgehead atoms. The Kier molecular flexibility index (Phi) is 6.29. The Hall–Kier alpha value is -2.74. The third-order valence-electron chi connectivity index (χ3n) is 7.43. The first kappa shape index (κ1) is 25.2. The highest BCUT2D eigenvalue weighted by Crippen LogP contribution is 2.45. The van der Waals surface area contributed by atoms with Gasteiger partial charge >= 0.3 is 6.18 Å². The Morgan fingerprint density at radius 3 is 2.77 bits per heavy atom. The molecule has 204 valence electrons. The number of amides is 1. The number of thioether (sulfide) groups is 1. The number of hydrogen-bond donors (Lipinski definition) is 2. The van der Waals surface area contributed by atoms with Crippen LogP contribution >= 0.6 is 23.1 Å². The number of thiophene rings is 1. The number of fused-ring (bicyclic) bond motifs is 2. The number of pyridine rings is 1. The van der Waals surface area contributed by atoms with E-state index in [1.54, 1.807) is 11.0 Å². The number of rotatable bonds is 5. The summed E-state index contributed by atoms with van der Waals surface area (Å²) in [6, 6.07) is 3.71. The van der Waals surface area contributed by atoms with Gasteiger partial charge in [-0.15, -0.1) is 23.1 Å². The summed E-state index contributed by atoms with van der Waals surface area (Å²) in [4.78, 5) is 29.9. The van der Waals surface area contributed by atoms with Gasteiger partial charge in [-0.3, -0.25) is 9.78 Å². The molecular weight excluding hydrogens is 549 g/mol. The zero-order chi connectivity index (χ0) is 26.7. The minimum Gasteiger partial charge on any atom is -0.377 e. The summed E-state index contributed by atoms with van der Waals surface area (Å²) in [5, 5.41) is 6.53. The molecule has 1 aliphatic carbocycles. The van der Waals surface area contributed by atoms with Gasteiger partial charge in [-0.1, -0.05) is 0 Å². The molecule has 3 aromatic rings. The quantitative estimate of drug-likeness (QED) is 0.448. The number of carbonyl (C=O) groups excluding carboxylic acids is 1. The molecule has 39 heavy (non-hydrogen) atoms. The largest absolute Gasteiger partial charge is 0.420 e. The lowest BCUT2D eigenvalue weighted by Crippen LogP contribution is -2.52. The second-order valence-electron chi connectivity index (χ2n) is 10.1. The van der Waals surface area contributed by atoms with Crippen LogP contribution in [0.1, 0.15) is 50.9 Å². The fourth-order valence-corrected chi connectivity index (χ4v) is 7.44. The fourth-order valence-electron chi connectivity index (χ4n) is 5.12. The monoisotopic (exact) mass is 574 g/mol. The van der Waals surface area contributed by atoms with Crippen LogP contribution in [0.5, 0.6) is 0 Å². The van der Waals surface area contributed by atoms with Gasteiger partial charge in [0.25, 0.3) is 5.91 Å². The van der Waals surface area contributed by atoms with Crippen LogP contribution in [-0.2, 0) is 23.9 Å². The lowest BCUT2D eigenvalue weighted by molar-refractivity contribution is -0.137. The van der Waals surface area contributed by atoms with Crippen molar-refractivity contribution in [1.29, 1.82) is 0 Å². The molecule has 2 fully saturated rings.